The standard InChI is InChI=1S/C37H44N4O7/c1-41(19-5-6-24-11-14-28(26-7-3-2-4-8-26)31(20-24)39-37(46)47)35(45)23-48-27-12-9-25(10-13-27)21-38-22-33(43)29-15-17-32(42)36-30(29)16-18-34(44)40-36/h2-4,7-8,11,14-18,20,25,27,33,38-39,42-43H,5-6,9-10,12-13,19,21-23H2,1H3,(H,40,44)(H,46,47). The van der Waals surface area contributed by atoms with Crippen LogP contribution in [0.15, 0.2) is 77.6 Å². The molecule has 48 heavy (non-hydrogen) atoms. The third-order valence-corrected chi connectivity index (χ3v) is 9.07. The molecule has 5 rings (SSSR count). The second kappa shape index (κ2) is 16.4. The Morgan fingerprint density at radius 3 is 2.54 bits per heavy atom. The molecule has 11 heteroatoms. The maximum absolute atomic E-state index is 12.8. The third kappa shape index (κ3) is 9.21. The number of phenols is 1. The number of amides is 2. The van der Waals surface area contributed by atoms with Crippen molar-refractivity contribution in [2.24, 2.45) is 5.92 Å². The molecule has 11 nitrogen and oxygen atoms in total. The summed E-state index contributed by atoms with van der Waals surface area (Å²) in [6.07, 6.45) is 3.22. The van der Waals surface area contributed by atoms with Crippen molar-refractivity contribution in [1.82, 2.24) is 15.2 Å². The molecule has 0 aliphatic heterocycles. The second-order valence-electron chi connectivity index (χ2n) is 12.5. The van der Waals surface area contributed by atoms with Crippen molar-refractivity contribution in [3.8, 4) is 16.9 Å². The summed E-state index contributed by atoms with van der Waals surface area (Å²) >= 11 is 0. The molecule has 1 aromatic heterocycles. The molecule has 2 amide bonds. The lowest BCUT2D eigenvalue weighted by molar-refractivity contribution is -0.137. The van der Waals surface area contributed by atoms with Crippen molar-refractivity contribution in [2.75, 3.05) is 38.6 Å². The van der Waals surface area contributed by atoms with Gasteiger partial charge in [-0.2, -0.15) is 0 Å². The quantitative estimate of drug-likeness (QED) is 0.107. The number of rotatable bonds is 14. The number of aromatic nitrogens is 1. The van der Waals surface area contributed by atoms with Gasteiger partial charge in [-0.25, -0.2) is 4.79 Å². The number of carboxylic acid groups (broad SMARTS) is 1. The number of fused-ring (bicyclic) bond motifs is 1. The molecule has 1 atom stereocenters. The van der Waals surface area contributed by atoms with Gasteiger partial charge in [-0.05, 0) is 85.9 Å². The number of hydrogen-bond donors (Lipinski definition) is 6. The van der Waals surface area contributed by atoms with Crippen LogP contribution in [0.5, 0.6) is 5.75 Å². The van der Waals surface area contributed by atoms with Crippen molar-refractivity contribution < 1.29 is 29.6 Å². The number of aromatic hydroxyl groups is 1. The maximum atomic E-state index is 12.8. The molecule has 1 aliphatic rings. The number of aromatic amines is 1. The number of phenolic OH excluding ortho intramolecular Hbond substituents is 1. The number of aryl methyl sites for hydroxylation is 1. The lowest BCUT2D eigenvalue weighted by atomic mass is 9.87. The summed E-state index contributed by atoms with van der Waals surface area (Å²) in [5.74, 6) is 0.342. The van der Waals surface area contributed by atoms with E-state index in [1.54, 1.807) is 24.1 Å². The van der Waals surface area contributed by atoms with Gasteiger partial charge in [-0.15, -0.1) is 0 Å². The van der Waals surface area contributed by atoms with Crippen LogP contribution in [0.1, 0.15) is 49.3 Å². The molecule has 1 heterocycles. The first kappa shape index (κ1) is 34.6. The van der Waals surface area contributed by atoms with E-state index in [0.717, 1.165) is 55.3 Å². The number of carbonyl (C=O) groups excluding carboxylic acids is 1. The van der Waals surface area contributed by atoms with Crippen LogP contribution in [0.25, 0.3) is 22.0 Å². The number of nitrogens with one attached hydrogen (secondary N) is 3. The summed E-state index contributed by atoms with van der Waals surface area (Å²) in [6.45, 7) is 1.70. The van der Waals surface area contributed by atoms with Gasteiger partial charge in [0.25, 0.3) is 0 Å². The number of likely N-dealkylation sites (N-methyl/N-ethyl adjacent to an activating group) is 1. The number of aliphatic hydroxyl groups is 1. The van der Waals surface area contributed by atoms with Gasteiger partial charge in [0.15, 0.2) is 0 Å². The van der Waals surface area contributed by atoms with Crippen LogP contribution in [0.2, 0.25) is 0 Å². The van der Waals surface area contributed by atoms with E-state index >= 15 is 0 Å². The molecular weight excluding hydrogens is 612 g/mol. The molecule has 254 valence electrons. The molecule has 0 saturated heterocycles. The smallest absolute Gasteiger partial charge is 0.409 e. The van der Waals surface area contributed by atoms with Crippen LogP contribution < -0.4 is 16.2 Å². The Morgan fingerprint density at radius 1 is 1.02 bits per heavy atom. The van der Waals surface area contributed by atoms with Gasteiger partial charge in [0.1, 0.15) is 12.4 Å². The number of pyridine rings is 1. The highest BCUT2D eigenvalue weighted by Crippen LogP contribution is 2.31. The molecule has 1 fully saturated rings. The Kier molecular flexibility index (Phi) is 11.8. The van der Waals surface area contributed by atoms with Crippen LogP contribution in [0.4, 0.5) is 10.5 Å². The van der Waals surface area contributed by atoms with Gasteiger partial charge in [-0.1, -0.05) is 48.5 Å². The van der Waals surface area contributed by atoms with E-state index in [9.17, 15) is 29.7 Å². The number of nitrogens with zero attached hydrogens (tertiary/aromatic N) is 1. The zero-order valence-electron chi connectivity index (χ0n) is 27.2. The Balaban J connectivity index is 0.995. The van der Waals surface area contributed by atoms with Crippen molar-refractivity contribution in [3.05, 3.63) is 94.3 Å². The minimum atomic E-state index is -1.11. The van der Waals surface area contributed by atoms with Gasteiger partial charge >= 0.3 is 6.09 Å². The van der Waals surface area contributed by atoms with Crippen molar-refractivity contribution in [3.63, 3.8) is 0 Å². The molecule has 1 saturated carbocycles. The van der Waals surface area contributed by atoms with Gasteiger partial charge in [-0.3, -0.25) is 14.9 Å². The third-order valence-electron chi connectivity index (χ3n) is 9.07. The molecule has 3 aromatic carbocycles. The highest BCUT2D eigenvalue weighted by atomic mass is 16.5. The first-order valence-corrected chi connectivity index (χ1v) is 16.5. The summed E-state index contributed by atoms with van der Waals surface area (Å²) in [7, 11) is 1.78. The van der Waals surface area contributed by atoms with E-state index in [-0.39, 0.29) is 29.9 Å². The largest absolute Gasteiger partial charge is 0.506 e. The number of H-pyrrole nitrogens is 1. The van der Waals surface area contributed by atoms with Gasteiger partial charge in [0.2, 0.25) is 11.5 Å². The summed E-state index contributed by atoms with van der Waals surface area (Å²) in [4.78, 5) is 40.1. The van der Waals surface area contributed by atoms with Gasteiger partial charge in [0.05, 0.1) is 23.4 Å². The van der Waals surface area contributed by atoms with E-state index in [1.807, 2.05) is 48.5 Å². The number of ether oxygens (including phenoxy) is 1. The summed E-state index contributed by atoms with van der Waals surface area (Å²) < 4.78 is 5.99. The zero-order valence-corrected chi connectivity index (χ0v) is 27.2. The van der Waals surface area contributed by atoms with Crippen LogP contribution in [0, 0.1) is 5.92 Å². The van der Waals surface area contributed by atoms with Crippen LogP contribution in [-0.4, -0.2) is 76.6 Å². The maximum Gasteiger partial charge on any atom is 0.409 e. The first-order chi connectivity index (χ1) is 23.2. The number of benzene rings is 3. The minimum Gasteiger partial charge on any atom is -0.506 e. The second-order valence-corrected chi connectivity index (χ2v) is 12.5. The predicted octanol–water partition coefficient (Wildman–Crippen LogP) is 5.28. The van der Waals surface area contributed by atoms with E-state index in [0.29, 0.717) is 47.6 Å². The average molecular weight is 657 g/mol. The van der Waals surface area contributed by atoms with Crippen molar-refractivity contribution in [2.45, 2.75) is 50.7 Å². The van der Waals surface area contributed by atoms with E-state index < -0.39 is 12.2 Å². The van der Waals surface area contributed by atoms with Gasteiger partial charge in [0, 0.05) is 37.2 Å². The topological polar surface area (TPSA) is 164 Å². The van der Waals surface area contributed by atoms with E-state index in [2.05, 4.69) is 15.6 Å². The molecule has 4 aromatic rings. The fraction of sp³-hybridized carbons (Fsp3) is 0.378. The highest BCUT2D eigenvalue weighted by Gasteiger charge is 2.23. The molecule has 0 bridgehead atoms. The van der Waals surface area contributed by atoms with Crippen LogP contribution in [-0.2, 0) is 16.0 Å². The van der Waals surface area contributed by atoms with Crippen LogP contribution in [0.3, 0.4) is 0 Å². The predicted molar refractivity (Wildman–Crippen MR) is 185 cm³/mol. The molecular formula is C37H44N4O7. The average Bonchev–Trinajstić information content (AvgIpc) is 3.08. The summed E-state index contributed by atoms with van der Waals surface area (Å²) in [5.41, 5.74) is 3.91. The number of carbonyl (C=O) groups is 2. The van der Waals surface area contributed by atoms with E-state index in [1.165, 1.54) is 12.1 Å². The first-order valence-electron chi connectivity index (χ1n) is 16.5. The van der Waals surface area contributed by atoms with Gasteiger partial charge < -0.3 is 35.3 Å². The highest BCUT2D eigenvalue weighted by molar-refractivity contribution is 5.91. The Morgan fingerprint density at radius 2 is 1.79 bits per heavy atom. The number of hydrogen-bond acceptors (Lipinski definition) is 7. The Bertz CT molecular complexity index is 1750. The Labute approximate surface area is 279 Å². The molecule has 0 spiro atoms. The fourth-order valence-electron chi connectivity index (χ4n) is 6.37. The van der Waals surface area contributed by atoms with Crippen molar-refractivity contribution >= 4 is 28.6 Å². The SMILES string of the molecule is CN(CCCc1ccc(-c2ccccc2)c(NC(=O)O)c1)C(=O)COC1CCC(CNCC(O)c2ccc(O)c3[nH]c(=O)ccc23)CC1. The zero-order chi connectivity index (χ0) is 34.0. The summed E-state index contributed by atoms with van der Waals surface area (Å²) in [5, 5.41) is 36.7. The molecule has 6 N–H and O–H groups in total. The molecule has 1 unspecified atom stereocenters. The lowest BCUT2D eigenvalue weighted by Gasteiger charge is -2.29. The lowest BCUT2D eigenvalue weighted by Crippen LogP contribution is -2.35. The number of anilines is 1. The van der Waals surface area contributed by atoms with E-state index in [4.69, 9.17) is 4.74 Å². The number of aliphatic hydroxyl groups excluding tert-OH is 1. The normalized spacial score (nSPS) is 16.8. The fourth-order valence-corrected chi connectivity index (χ4v) is 6.37. The minimum absolute atomic E-state index is 0.0349. The molecule has 0 radical (unpaired) electrons. The molecule has 1 aliphatic carbocycles. The van der Waals surface area contributed by atoms with Crippen LogP contribution >= 0.6 is 0 Å². The van der Waals surface area contributed by atoms with Crippen molar-refractivity contribution in [1.29, 1.82) is 0 Å². The monoisotopic (exact) mass is 656 g/mol. The summed E-state index contributed by atoms with van der Waals surface area (Å²) in [6, 6.07) is 21.6. The Hall–Kier alpha value is -4.71.